The van der Waals surface area contributed by atoms with E-state index in [9.17, 15) is 9.18 Å². The van der Waals surface area contributed by atoms with Gasteiger partial charge in [0.15, 0.2) is 5.82 Å². The highest BCUT2D eigenvalue weighted by atomic mass is 32.1. The van der Waals surface area contributed by atoms with Crippen LogP contribution < -0.4 is 10.2 Å². The Hall–Kier alpha value is -2.67. The molecule has 1 amide bonds. The molecule has 5 nitrogen and oxygen atoms in total. The topological polar surface area (TPSA) is 61.0 Å². The molecule has 1 aromatic carbocycles. The smallest absolute Gasteiger partial charge is 0.224 e. The molecule has 26 heavy (non-hydrogen) atoms. The number of anilines is 1. The van der Waals surface area contributed by atoms with Crippen molar-refractivity contribution in [1.82, 2.24) is 15.5 Å². The van der Waals surface area contributed by atoms with Crippen molar-refractivity contribution in [2.45, 2.75) is 18.9 Å². The van der Waals surface area contributed by atoms with Gasteiger partial charge in [0, 0.05) is 25.2 Å². The van der Waals surface area contributed by atoms with Gasteiger partial charge in [-0.25, -0.2) is 4.39 Å². The Morgan fingerprint density at radius 1 is 1.35 bits per heavy atom. The molecule has 7 heteroatoms. The summed E-state index contributed by atoms with van der Waals surface area (Å²) in [5.74, 6) is 0.399. The van der Waals surface area contributed by atoms with Crippen LogP contribution in [0.1, 0.15) is 12.0 Å². The third kappa shape index (κ3) is 3.62. The van der Waals surface area contributed by atoms with Gasteiger partial charge in [0.2, 0.25) is 5.91 Å². The predicted octanol–water partition coefficient (Wildman–Crippen LogP) is 3.21. The first-order valence-corrected chi connectivity index (χ1v) is 9.44. The minimum absolute atomic E-state index is 0.0520. The molecule has 0 spiro atoms. The molecule has 0 bridgehead atoms. The number of thiophene rings is 1. The minimum atomic E-state index is -0.340. The lowest BCUT2D eigenvalue weighted by Crippen LogP contribution is -2.38. The summed E-state index contributed by atoms with van der Waals surface area (Å²) < 4.78 is 13.7. The van der Waals surface area contributed by atoms with Gasteiger partial charge >= 0.3 is 0 Å². The largest absolute Gasteiger partial charge is 0.353 e. The summed E-state index contributed by atoms with van der Waals surface area (Å²) in [6.45, 7) is 1.54. The van der Waals surface area contributed by atoms with Gasteiger partial charge in [-0.2, -0.15) is 5.10 Å². The van der Waals surface area contributed by atoms with Gasteiger partial charge in [-0.05, 0) is 29.5 Å². The van der Waals surface area contributed by atoms with Crippen LogP contribution in [0.3, 0.4) is 0 Å². The van der Waals surface area contributed by atoms with Crippen LogP contribution >= 0.6 is 11.3 Å². The second-order valence-corrected chi connectivity index (χ2v) is 7.33. The van der Waals surface area contributed by atoms with Crippen molar-refractivity contribution in [2.24, 2.45) is 0 Å². The van der Waals surface area contributed by atoms with Crippen LogP contribution in [0.5, 0.6) is 0 Å². The third-order valence-corrected chi connectivity index (χ3v) is 5.44. The first-order chi connectivity index (χ1) is 12.7. The molecule has 2 aromatic heterocycles. The molecule has 3 aromatic rings. The molecular formula is C19H19FN4OS. The number of hydrogen-bond acceptors (Lipinski definition) is 4. The molecule has 4 rings (SSSR count). The van der Waals surface area contributed by atoms with E-state index in [0.29, 0.717) is 12.1 Å². The molecule has 2 N–H and O–H groups in total. The SMILES string of the molecule is O=C(Cc1ccccc1F)NC1CCN(c2cc(-c3cccs3)[nH]n2)C1. The number of nitrogens with zero attached hydrogens (tertiary/aromatic N) is 2. The number of benzene rings is 1. The molecule has 0 radical (unpaired) electrons. The van der Waals surface area contributed by atoms with Gasteiger partial charge in [-0.3, -0.25) is 9.89 Å². The number of H-pyrrole nitrogens is 1. The highest BCUT2D eigenvalue weighted by Gasteiger charge is 2.26. The summed E-state index contributed by atoms with van der Waals surface area (Å²) in [6, 6.07) is 12.5. The Morgan fingerprint density at radius 3 is 3.04 bits per heavy atom. The van der Waals surface area contributed by atoms with E-state index in [4.69, 9.17) is 0 Å². The van der Waals surface area contributed by atoms with Crippen LogP contribution in [0.4, 0.5) is 10.2 Å². The predicted molar refractivity (Wildman–Crippen MR) is 101 cm³/mol. The summed E-state index contributed by atoms with van der Waals surface area (Å²) in [4.78, 5) is 15.5. The lowest BCUT2D eigenvalue weighted by atomic mass is 10.1. The molecular weight excluding hydrogens is 351 g/mol. The van der Waals surface area contributed by atoms with E-state index >= 15 is 0 Å². The Kier molecular flexibility index (Phi) is 4.71. The quantitative estimate of drug-likeness (QED) is 0.725. The van der Waals surface area contributed by atoms with Crippen molar-refractivity contribution in [3.8, 4) is 10.6 Å². The van der Waals surface area contributed by atoms with Crippen LogP contribution in [0.2, 0.25) is 0 Å². The second-order valence-electron chi connectivity index (χ2n) is 6.38. The molecule has 1 fully saturated rings. The summed E-state index contributed by atoms with van der Waals surface area (Å²) >= 11 is 1.67. The van der Waals surface area contributed by atoms with Crippen molar-refractivity contribution in [2.75, 3.05) is 18.0 Å². The average Bonchev–Trinajstić information content (AvgIpc) is 3.37. The van der Waals surface area contributed by atoms with Crippen LogP contribution in [-0.4, -0.2) is 35.2 Å². The first kappa shape index (κ1) is 16.8. The molecule has 0 saturated carbocycles. The highest BCUT2D eigenvalue weighted by molar-refractivity contribution is 7.13. The zero-order valence-electron chi connectivity index (χ0n) is 14.1. The molecule has 1 aliphatic heterocycles. The van der Waals surface area contributed by atoms with Gasteiger partial charge in [-0.1, -0.05) is 24.3 Å². The number of carbonyl (C=O) groups excluding carboxylic acids is 1. The van der Waals surface area contributed by atoms with Crippen molar-refractivity contribution < 1.29 is 9.18 Å². The van der Waals surface area contributed by atoms with Gasteiger partial charge in [0.1, 0.15) is 5.82 Å². The lowest BCUT2D eigenvalue weighted by Gasteiger charge is -2.16. The first-order valence-electron chi connectivity index (χ1n) is 8.56. The van der Waals surface area contributed by atoms with Gasteiger partial charge in [0.25, 0.3) is 0 Å². The van der Waals surface area contributed by atoms with Crippen molar-refractivity contribution in [3.63, 3.8) is 0 Å². The molecule has 1 unspecified atom stereocenters. The van der Waals surface area contributed by atoms with E-state index in [1.807, 2.05) is 17.5 Å². The number of hydrogen-bond donors (Lipinski definition) is 2. The number of rotatable bonds is 5. The average molecular weight is 370 g/mol. The molecule has 1 atom stereocenters. The fourth-order valence-electron chi connectivity index (χ4n) is 3.21. The Balaban J connectivity index is 1.34. The molecule has 134 valence electrons. The number of carbonyl (C=O) groups is 1. The Labute approximate surface area is 154 Å². The number of nitrogens with one attached hydrogen (secondary N) is 2. The van der Waals surface area contributed by atoms with Crippen molar-refractivity contribution in [1.29, 1.82) is 0 Å². The van der Waals surface area contributed by atoms with Crippen molar-refractivity contribution in [3.05, 3.63) is 59.2 Å². The molecule has 1 aliphatic rings. The minimum Gasteiger partial charge on any atom is -0.353 e. The zero-order valence-corrected chi connectivity index (χ0v) is 14.9. The number of aromatic nitrogens is 2. The van der Waals surface area contributed by atoms with E-state index in [0.717, 1.165) is 29.4 Å². The van der Waals surface area contributed by atoms with Gasteiger partial charge in [0.05, 0.1) is 17.0 Å². The normalized spacial score (nSPS) is 16.8. The fourth-order valence-corrected chi connectivity index (χ4v) is 3.90. The Morgan fingerprint density at radius 2 is 2.23 bits per heavy atom. The molecule has 0 aliphatic carbocycles. The van der Waals surface area contributed by atoms with E-state index in [2.05, 4.69) is 26.5 Å². The second kappa shape index (κ2) is 7.29. The summed E-state index contributed by atoms with van der Waals surface area (Å²) in [6.07, 6.45) is 0.915. The summed E-state index contributed by atoms with van der Waals surface area (Å²) in [7, 11) is 0. The number of halogens is 1. The maximum absolute atomic E-state index is 13.7. The maximum Gasteiger partial charge on any atom is 0.224 e. The number of amides is 1. The highest BCUT2D eigenvalue weighted by Crippen LogP contribution is 2.27. The van der Waals surface area contributed by atoms with Crippen LogP contribution in [0.25, 0.3) is 10.6 Å². The van der Waals surface area contributed by atoms with E-state index in [1.165, 1.54) is 6.07 Å². The van der Waals surface area contributed by atoms with Crippen molar-refractivity contribution >= 4 is 23.1 Å². The number of aromatic amines is 1. The standard InChI is InChI=1S/C19H19FN4OS/c20-15-5-2-1-4-13(15)10-19(25)21-14-7-8-24(12-14)18-11-16(22-23-18)17-6-3-9-26-17/h1-6,9,11,14H,7-8,10,12H2,(H,21,25)(H,22,23). The summed E-state index contributed by atoms with van der Waals surface area (Å²) in [5, 5.41) is 12.5. The van der Waals surface area contributed by atoms with Gasteiger partial charge < -0.3 is 10.2 Å². The molecule has 1 saturated heterocycles. The monoisotopic (exact) mass is 370 g/mol. The van der Waals surface area contributed by atoms with E-state index in [-0.39, 0.29) is 24.2 Å². The van der Waals surface area contributed by atoms with Gasteiger partial charge in [-0.15, -0.1) is 11.3 Å². The maximum atomic E-state index is 13.7. The van der Waals surface area contributed by atoms with E-state index in [1.54, 1.807) is 29.5 Å². The summed E-state index contributed by atoms with van der Waals surface area (Å²) in [5.41, 5.74) is 1.43. The van der Waals surface area contributed by atoms with Crippen LogP contribution in [-0.2, 0) is 11.2 Å². The van der Waals surface area contributed by atoms with Crippen LogP contribution in [0, 0.1) is 5.82 Å². The fraction of sp³-hybridized carbons (Fsp3) is 0.263. The van der Waals surface area contributed by atoms with Crippen LogP contribution in [0.15, 0.2) is 47.8 Å². The lowest BCUT2D eigenvalue weighted by molar-refractivity contribution is -0.121. The third-order valence-electron chi connectivity index (χ3n) is 4.54. The van der Waals surface area contributed by atoms with E-state index < -0.39 is 0 Å². The Bertz CT molecular complexity index is 893. The molecule has 3 heterocycles. The zero-order chi connectivity index (χ0) is 17.9.